The first-order chi connectivity index (χ1) is 9.66. The van der Waals surface area contributed by atoms with Crippen LogP contribution in [0.1, 0.15) is 17.5 Å². The second-order valence-corrected chi connectivity index (χ2v) is 4.65. The highest BCUT2D eigenvalue weighted by Gasteiger charge is 2.04. The molecule has 104 valence electrons. The van der Waals surface area contributed by atoms with Crippen molar-refractivity contribution in [3.8, 4) is 11.5 Å². The second-order valence-electron chi connectivity index (χ2n) is 4.65. The minimum absolute atomic E-state index is 0.191. The van der Waals surface area contributed by atoms with E-state index in [0.717, 1.165) is 5.56 Å². The average Bonchev–Trinajstić information content (AvgIpc) is 2.45. The van der Waals surface area contributed by atoms with Crippen LogP contribution in [0, 0.1) is 0 Å². The topological polar surface area (TPSA) is 60.7 Å². The van der Waals surface area contributed by atoms with Gasteiger partial charge in [-0.15, -0.1) is 0 Å². The maximum absolute atomic E-state index is 9.90. The predicted molar refractivity (Wildman–Crippen MR) is 79.6 cm³/mol. The van der Waals surface area contributed by atoms with Crippen molar-refractivity contribution in [1.82, 2.24) is 0 Å². The number of aliphatic hydroxyl groups excluding tert-OH is 1. The first-order valence-corrected chi connectivity index (χ1v) is 6.58. The monoisotopic (exact) mass is 270 g/mol. The van der Waals surface area contributed by atoms with E-state index in [9.17, 15) is 15.3 Å². The van der Waals surface area contributed by atoms with Gasteiger partial charge in [-0.3, -0.25) is 0 Å². The molecule has 1 unspecified atom stereocenters. The quantitative estimate of drug-likeness (QED) is 0.782. The Bertz CT molecular complexity index is 590. The summed E-state index contributed by atoms with van der Waals surface area (Å²) in [5.41, 5.74) is 1.50. The van der Waals surface area contributed by atoms with Gasteiger partial charge in [-0.2, -0.15) is 0 Å². The zero-order valence-electron chi connectivity index (χ0n) is 11.1. The maximum atomic E-state index is 9.90. The molecule has 3 N–H and O–H groups in total. The molecule has 3 nitrogen and oxygen atoms in total. The Hall–Kier alpha value is -2.26. The van der Waals surface area contributed by atoms with E-state index in [-0.39, 0.29) is 11.5 Å². The van der Waals surface area contributed by atoms with E-state index in [1.165, 1.54) is 0 Å². The van der Waals surface area contributed by atoms with Crippen molar-refractivity contribution in [2.75, 3.05) is 0 Å². The normalized spacial score (nSPS) is 12.7. The summed E-state index contributed by atoms with van der Waals surface area (Å²) in [6, 6.07) is 14.1. The fourth-order valence-electron chi connectivity index (χ4n) is 1.97. The number of phenolic OH excluding ortho intramolecular Hbond substituents is 2. The van der Waals surface area contributed by atoms with Gasteiger partial charge in [-0.1, -0.05) is 48.6 Å². The summed E-state index contributed by atoms with van der Waals surface area (Å²) < 4.78 is 0. The number of aryl methyl sites for hydroxylation is 1. The Balaban J connectivity index is 1.92. The molecule has 2 rings (SSSR count). The minimum atomic E-state index is -0.616. The molecule has 0 saturated carbocycles. The third-order valence-electron chi connectivity index (χ3n) is 3.14. The molecule has 0 spiro atoms. The fraction of sp³-hybridized carbons (Fsp3) is 0.176. The van der Waals surface area contributed by atoms with Gasteiger partial charge in [-0.05, 0) is 30.5 Å². The van der Waals surface area contributed by atoms with E-state index >= 15 is 0 Å². The van der Waals surface area contributed by atoms with Crippen LogP contribution in [0.15, 0.2) is 54.6 Å². The van der Waals surface area contributed by atoms with Gasteiger partial charge in [0.15, 0.2) is 0 Å². The lowest BCUT2D eigenvalue weighted by Gasteiger charge is -2.07. The maximum Gasteiger partial charge on any atom is 0.122 e. The lowest BCUT2D eigenvalue weighted by atomic mass is 10.0. The molecule has 0 radical (unpaired) electrons. The van der Waals surface area contributed by atoms with Crippen molar-refractivity contribution in [3.63, 3.8) is 0 Å². The minimum Gasteiger partial charge on any atom is -0.508 e. The average molecular weight is 270 g/mol. The molecular weight excluding hydrogens is 252 g/mol. The van der Waals surface area contributed by atoms with Crippen LogP contribution in [0.5, 0.6) is 11.5 Å². The number of hydrogen-bond acceptors (Lipinski definition) is 3. The second kappa shape index (κ2) is 6.78. The largest absolute Gasteiger partial charge is 0.508 e. The van der Waals surface area contributed by atoms with Gasteiger partial charge in [0, 0.05) is 5.56 Å². The van der Waals surface area contributed by atoms with E-state index in [2.05, 4.69) is 0 Å². The van der Waals surface area contributed by atoms with E-state index in [1.807, 2.05) is 18.2 Å². The summed E-state index contributed by atoms with van der Waals surface area (Å²) in [7, 11) is 0. The smallest absolute Gasteiger partial charge is 0.122 e. The number of phenols is 2. The zero-order chi connectivity index (χ0) is 14.4. The van der Waals surface area contributed by atoms with Crippen molar-refractivity contribution in [2.24, 2.45) is 0 Å². The molecular formula is C17H18O3. The van der Waals surface area contributed by atoms with Gasteiger partial charge < -0.3 is 15.3 Å². The zero-order valence-corrected chi connectivity index (χ0v) is 11.1. The Morgan fingerprint density at radius 3 is 2.25 bits per heavy atom. The van der Waals surface area contributed by atoms with Crippen LogP contribution in [0.4, 0.5) is 0 Å². The highest BCUT2D eigenvalue weighted by atomic mass is 16.3. The van der Waals surface area contributed by atoms with Gasteiger partial charge in [0.05, 0.1) is 6.10 Å². The number of benzene rings is 2. The number of rotatable bonds is 5. The van der Waals surface area contributed by atoms with Gasteiger partial charge >= 0.3 is 0 Å². The van der Waals surface area contributed by atoms with Crippen molar-refractivity contribution in [1.29, 1.82) is 0 Å². The number of para-hydroxylation sites is 2. The molecule has 0 bridgehead atoms. The molecule has 0 heterocycles. The Labute approximate surface area is 118 Å². The van der Waals surface area contributed by atoms with Gasteiger partial charge in [0.25, 0.3) is 0 Å². The van der Waals surface area contributed by atoms with Gasteiger partial charge in [0.2, 0.25) is 0 Å². The number of aromatic hydroxyl groups is 2. The lowest BCUT2D eigenvalue weighted by molar-refractivity contribution is 0.213. The van der Waals surface area contributed by atoms with Crippen LogP contribution in [0.2, 0.25) is 0 Å². The van der Waals surface area contributed by atoms with Crippen LogP contribution in [-0.2, 0) is 6.42 Å². The van der Waals surface area contributed by atoms with Crippen LogP contribution < -0.4 is 0 Å². The molecule has 20 heavy (non-hydrogen) atoms. The summed E-state index contributed by atoms with van der Waals surface area (Å²) in [5, 5.41) is 29.1. The van der Waals surface area contributed by atoms with Crippen LogP contribution in [0.3, 0.4) is 0 Å². The van der Waals surface area contributed by atoms with Gasteiger partial charge in [-0.25, -0.2) is 0 Å². The predicted octanol–water partition coefficient (Wildman–Crippen LogP) is 3.10. The molecule has 2 aromatic carbocycles. The number of aliphatic hydroxyl groups is 1. The summed E-state index contributed by atoms with van der Waals surface area (Å²) in [6.07, 6.45) is 3.84. The molecule has 1 atom stereocenters. The molecule has 2 aromatic rings. The SMILES string of the molecule is Oc1ccccc1/C=C/C(O)CCc1ccccc1O. The van der Waals surface area contributed by atoms with E-state index < -0.39 is 6.10 Å². The Kier molecular flexibility index (Phi) is 4.80. The molecule has 0 saturated heterocycles. The lowest BCUT2D eigenvalue weighted by Crippen LogP contribution is -2.03. The van der Waals surface area contributed by atoms with Crippen LogP contribution in [-0.4, -0.2) is 21.4 Å². The fourth-order valence-corrected chi connectivity index (χ4v) is 1.97. The molecule has 0 aliphatic rings. The summed E-state index contributed by atoms with van der Waals surface area (Å²) >= 11 is 0. The molecule has 0 amide bonds. The Morgan fingerprint density at radius 1 is 0.900 bits per heavy atom. The van der Waals surface area contributed by atoms with Crippen molar-refractivity contribution >= 4 is 6.08 Å². The molecule has 3 heteroatoms. The van der Waals surface area contributed by atoms with E-state index in [1.54, 1.807) is 42.5 Å². The third-order valence-corrected chi connectivity index (χ3v) is 3.14. The summed E-state index contributed by atoms with van der Waals surface area (Å²) in [4.78, 5) is 0. The summed E-state index contributed by atoms with van der Waals surface area (Å²) in [5.74, 6) is 0.445. The third kappa shape index (κ3) is 3.87. The van der Waals surface area contributed by atoms with Crippen molar-refractivity contribution < 1.29 is 15.3 Å². The first-order valence-electron chi connectivity index (χ1n) is 6.58. The molecule has 0 aliphatic carbocycles. The van der Waals surface area contributed by atoms with Crippen LogP contribution >= 0.6 is 0 Å². The standard InChI is InChI=1S/C17H18O3/c18-15(11-9-13-5-1-3-7-16(13)19)12-10-14-6-2-4-8-17(14)20/h1-9,11,15,18-20H,10,12H2/b11-9+. The van der Waals surface area contributed by atoms with Crippen molar-refractivity contribution in [3.05, 3.63) is 65.7 Å². The molecule has 0 aliphatic heterocycles. The molecule has 0 fully saturated rings. The molecule has 0 aromatic heterocycles. The van der Waals surface area contributed by atoms with E-state index in [0.29, 0.717) is 18.4 Å². The summed E-state index contributed by atoms with van der Waals surface area (Å²) in [6.45, 7) is 0. The number of hydrogen-bond donors (Lipinski definition) is 3. The highest BCUT2D eigenvalue weighted by Crippen LogP contribution is 2.20. The van der Waals surface area contributed by atoms with E-state index in [4.69, 9.17) is 0 Å². The Morgan fingerprint density at radius 2 is 1.55 bits per heavy atom. The van der Waals surface area contributed by atoms with Crippen molar-refractivity contribution in [2.45, 2.75) is 18.9 Å². The van der Waals surface area contributed by atoms with Gasteiger partial charge in [0.1, 0.15) is 11.5 Å². The van der Waals surface area contributed by atoms with Crippen LogP contribution in [0.25, 0.3) is 6.08 Å². The highest BCUT2D eigenvalue weighted by molar-refractivity contribution is 5.56. The first kappa shape index (κ1) is 14.2.